The number of urea groups is 1. The first kappa shape index (κ1) is 22.0. The van der Waals surface area contributed by atoms with Crippen LogP contribution in [0.4, 0.5) is 10.5 Å². The molecule has 7 nitrogen and oxygen atoms in total. The lowest BCUT2D eigenvalue weighted by atomic mass is 10.0. The zero-order valence-corrected chi connectivity index (χ0v) is 18.2. The number of rotatable bonds is 7. The SMILES string of the molecule is COc1ccc(N2CCC(NC(=O)NCc3ccc(CS(C)(=O)=O)cc3)CC2)cc1. The lowest BCUT2D eigenvalue weighted by Crippen LogP contribution is -2.47. The molecule has 162 valence electrons. The number of ether oxygens (including phenoxy) is 1. The molecule has 3 rings (SSSR count). The molecule has 0 bridgehead atoms. The van der Waals surface area contributed by atoms with Crippen molar-refractivity contribution in [2.75, 3.05) is 31.4 Å². The Balaban J connectivity index is 1.40. The van der Waals surface area contributed by atoms with E-state index in [1.165, 1.54) is 6.26 Å². The van der Waals surface area contributed by atoms with E-state index >= 15 is 0 Å². The lowest BCUT2D eigenvalue weighted by molar-refractivity contribution is 0.234. The number of carbonyl (C=O) groups is 1. The van der Waals surface area contributed by atoms with E-state index in [1.54, 1.807) is 19.2 Å². The van der Waals surface area contributed by atoms with Crippen molar-refractivity contribution in [1.82, 2.24) is 10.6 Å². The van der Waals surface area contributed by atoms with Gasteiger partial charge in [-0.3, -0.25) is 0 Å². The Morgan fingerprint density at radius 2 is 1.63 bits per heavy atom. The Labute approximate surface area is 178 Å². The van der Waals surface area contributed by atoms with E-state index in [0.717, 1.165) is 48.5 Å². The van der Waals surface area contributed by atoms with Crippen molar-refractivity contribution in [3.63, 3.8) is 0 Å². The highest BCUT2D eigenvalue weighted by Gasteiger charge is 2.20. The highest BCUT2D eigenvalue weighted by Crippen LogP contribution is 2.22. The maximum Gasteiger partial charge on any atom is 0.315 e. The van der Waals surface area contributed by atoms with Gasteiger partial charge in [0.05, 0.1) is 12.9 Å². The number of methoxy groups -OCH3 is 1. The van der Waals surface area contributed by atoms with Crippen LogP contribution in [0.5, 0.6) is 5.75 Å². The maximum absolute atomic E-state index is 12.2. The molecule has 0 atom stereocenters. The Morgan fingerprint density at radius 1 is 1.03 bits per heavy atom. The van der Waals surface area contributed by atoms with Crippen LogP contribution in [0.3, 0.4) is 0 Å². The molecule has 0 aromatic heterocycles. The largest absolute Gasteiger partial charge is 0.497 e. The number of nitrogens with zero attached hydrogens (tertiary/aromatic N) is 1. The van der Waals surface area contributed by atoms with Gasteiger partial charge in [-0.15, -0.1) is 0 Å². The van der Waals surface area contributed by atoms with Gasteiger partial charge in [0.25, 0.3) is 0 Å². The van der Waals surface area contributed by atoms with E-state index in [2.05, 4.69) is 27.7 Å². The molecule has 1 heterocycles. The summed E-state index contributed by atoms with van der Waals surface area (Å²) in [7, 11) is -1.39. The van der Waals surface area contributed by atoms with E-state index in [-0.39, 0.29) is 17.8 Å². The van der Waals surface area contributed by atoms with Gasteiger partial charge < -0.3 is 20.3 Å². The Hall–Kier alpha value is -2.74. The smallest absolute Gasteiger partial charge is 0.315 e. The fraction of sp³-hybridized carbons (Fsp3) is 0.409. The van der Waals surface area contributed by atoms with E-state index in [4.69, 9.17) is 4.74 Å². The average Bonchev–Trinajstić information content (AvgIpc) is 2.73. The minimum absolute atomic E-state index is 0.0242. The number of hydrogen-bond acceptors (Lipinski definition) is 5. The van der Waals surface area contributed by atoms with Crippen LogP contribution in [-0.4, -0.2) is 46.9 Å². The molecule has 1 saturated heterocycles. The third-order valence-corrected chi connectivity index (χ3v) is 6.03. The molecule has 2 aromatic rings. The summed E-state index contributed by atoms with van der Waals surface area (Å²) in [5.41, 5.74) is 2.84. The summed E-state index contributed by atoms with van der Waals surface area (Å²) in [4.78, 5) is 14.5. The van der Waals surface area contributed by atoms with Crippen molar-refractivity contribution in [2.24, 2.45) is 0 Å². The number of piperidine rings is 1. The van der Waals surface area contributed by atoms with Crippen molar-refractivity contribution in [3.8, 4) is 5.75 Å². The summed E-state index contributed by atoms with van der Waals surface area (Å²) in [6.45, 7) is 2.17. The third-order valence-electron chi connectivity index (χ3n) is 5.17. The highest BCUT2D eigenvalue weighted by molar-refractivity contribution is 7.89. The van der Waals surface area contributed by atoms with E-state index < -0.39 is 9.84 Å². The summed E-state index contributed by atoms with van der Waals surface area (Å²) in [5, 5.41) is 5.92. The van der Waals surface area contributed by atoms with E-state index in [0.29, 0.717) is 6.54 Å². The topological polar surface area (TPSA) is 87.7 Å². The standard InChI is InChI=1S/C22H29N3O4S/c1-29-21-9-7-20(8-10-21)25-13-11-19(12-14-25)24-22(26)23-15-17-3-5-18(6-4-17)16-30(2,27)28/h3-10,19H,11-16H2,1-2H3,(H2,23,24,26). The summed E-state index contributed by atoms with van der Waals surface area (Å²) >= 11 is 0. The van der Waals surface area contributed by atoms with Gasteiger partial charge in [0.2, 0.25) is 0 Å². The molecule has 1 aliphatic rings. The summed E-state index contributed by atoms with van der Waals surface area (Å²) in [6, 6.07) is 15.2. The van der Waals surface area contributed by atoms with Gasteiger partial charge in [-0.25, -0.2) is 13.2 Å². The summed E-state index contributed by atoms with van der Waals surface area (Å²) in [6.07, 6.45) is 2.99. The van der Waals surface area contributed by atoms with Gasteiger partial charge in [0.1, 0.15) is 5.75 Å². The zero-order valence-electron chi connectivity index (χ0n) is 17.4. The monoisotopic (exact) mass is 431 g/mol. The first-order chi connectivity index (χ1) is 14.3. The van der Waals surface area contributed by atoms with Gasteiger partial charge in [0, 0.05) is 37.6 Å². The molecular formula is C22H29N3O4S. The fourth-order valence-corrected chi connectivity index (χ4v) is 4.35. The van der Waals surface area contributed by atoms with Crippen LogP contribution in [0.1, 0.15) is 24.0 Å². The molecular weight excluding hydrogens is 402 g/mol. The van der Waals surface area contributed by atoms with Gasteiger partial charge in [-0.1, -0.05) is 24.3 Å². The lowest BCUT2D eigenvalue weighted by Gasteiger charge is -2.34. The van der Waals surface area contributed by atoms with Crippen LogP contribution in [0.15, 0.2) is 48.5 Å². The quantitative estimate of drug-likeness (QED) is 0.704. The van der Waals surface area contributed by atoms with E-state index in [1.807, 2.05) is 24.3 Å². The predicted octanol–water partition coefficient (Wildman–Crippen LogP) is 2.71. The summed E-state index contributed by atoms with van der Waals surface area (Å²) in [5.74, 6) is 0.869. The van der Waals surface area contributed by atoms with Crippen LogP contribution in [0.25, 0.3) is 0 Å². The van der Waals surface area contributed by atoms with Crippen LogP contribution in [0.2, 0.25) is 0 Å². The second-order valence-electron chi connectivity index (χ2n) is 7.67. The van der Waals surface area contributed by atoms with Gasteiger partial charge in [-0.05, 0) is 48.2 Å². The molecule has 0 unspecified atom stereocenters. The molecule has 30 heavy (non-hydrogen) atoms. The number of carbonyl (C=O) groups excluding carboxylic acids is 1. The molecule has 0 aliphatic carbocycles. The molecule has 2 N–H and O–H groups in total. The molecule has 1 fully saturated rings. The number of benzene rings is 2. The van der Waals surface area contributed by atoms with Crippen molar-refractivity contribution < 1.29 is 17.9 Å². The molecule has 8 heteroatoms. The fourth-order valence-electron chi connectivity index (χ4n) is 3.55. The van der Waals surface area contributed by atoms with Gasteiger partial charge in [-0.2, -0.15) is 0 Å². The molecule has 0 saturated carbocycles. The van der Waals surface area contributed by atoms with Crippen molar-refractivity contribution in [3.05, 3.63) is 59.7 Å². The van der Waals surface area contributed by atoms with Crippen molar-refractivity contribution in [2.45, 2.75) is 31.2 Å². The second-order valence-corrected chi connectivity index (χ2v) is 9.81. The average molecular weight is 432 g/mol. The van der Waals surface area contributed by atoms with Crippen LogP contribution in [0, 0.1) is 0 Å². The Morgan fingerprint density at radius 3 is 2.20 bits per heavy atom. The number of nitrogens with one attached hydrogen (secondary N) is 2. The molecule has 0 radical (unpaired) electrons. The first-order valence-corrected chi connectivity index (χ1v) is 12.1. The van der Waals surface area contributed by atoms with Gasteiger partial charge in [0.15, 0.2) is 9.84 Å². The maximum atomic E-state index is 12.2. The first-order valence-electron chi connectivity index (χ1n) is 10.0. The van der Waals surface area contributed by atoms with Crippen LogP contribution >= 0.6 is 0 Å². The van der Waals surface area contributed by atoms with Crippen molar-refractivity contribution in [1.29, 1.82) is 0 Å². The Bertz CT molecular complexity index is 935. The molecule has 0 spiro atoms. The van der Waals surface area contributed by atoms with Crippen LogP contribution in [-0.2, 0) is 22.1 Å². The molecule has 2 amide bonds. The van der Waals surface area contributed by atoms with Gasteiger partial charge >= 0.3 is 6.03 Å². The number of amides is 2. The molecule has 1 aliphatic heterocycles. The Kier molecular flexibility index (Phi) is 7.20. The normalized spacial score (nSPS) is 14.9. The number of anilines is 1. The summed E-state index contributed by atoms with van der Waals surface area (Å²) < 4.78 is 27.9. The van der Waals surface area contributed by atoms with E-state index in [9.17, 15) is 13.2 Å². The van der Waals surface area contributed by atoms with Crippen molar-refractivity contribution >= 4 is 21.6 Å². The minimum Gasteiger partial charge on any atom is -0.497 e. The minimum atomic E-state index is -3.05. The number of hydrogen-bond donors (Lipinski definition) is 2. The third kappa shape index (κ3) is 6.66. The predicted molar refractivity (Wildman–Crippen MR) is 119 cm³/mol. The molecule has 2 aromatic carbocycles. The number of sulfone groups is 1. The highest BCUT2D eigenvalue weighted by atomic mass is 32.2. The second kappa shape index (κ2) is 9.84. The zero-order chi connectivity index (χ0) is 21.6. The van der Waals surface area contributed by atoms with Crippen LogP contribution < -0.4 is 20.3 Å².